The highest BCUT2D eigenvalue weighted by Gasteiger charge is 2.20. The molecule has 0 unspecified atom stereocenters. The summed E-state index contributed by atoms with van der Waals surface area (Å²) in [7, 11) is 0. The number of hydrogen-bond donors (Lipinski definition) is 0. The average Bonchev–Trinajstić information content (AvgIpc) is 3.08. The molecule has 0 aliphatic rings. The Hall–Kier alpha value is -5.08. The van der Waals surface area contributed by atoms with Crippen molar-refractivity contribution in [2.45, 2.75) is 80.1 Å². The predicted octanol–water partition coefficient (Wildman–Crippen LogP) is 14.1. The van der Waals surface area contributed by atoms with Gasteiger partial charge in [0.1, 0.15) is 0 Å². The summed E-state index contributed by atoms with van der Waals surface area (Å²) in [6.07, 6.45) is 0. The highest BCUT2D eigenvalue weighted by atomic mass is 15.1. The van der Waals surface area contributed by atoms with Crippen molar-refractivity contribution in [3.05, 3.63) is 167 Å². The maximum absolute atomic E-state index is 2.38. The van der Waals surface area contributed by atoms with Crippen LogP contribution in [0.5, 0.6) is 0 Å². The van der Waals surface area contributed by atoms with Gasteiger partial charge < -0.3 is 9.80 Å². The van der Waals surface area contributed by atoms with Crippen LogP contribution in [0.2, 0.25) is 0 Å². The summed E-state index contributed by atoms with van der Waals surface area (Å²) in [5.41, 5.74) is 17.2. The van der Waals surface area contributed by atoms with Crippen LogP contribution in [0.25, 0.3) is 11.1 Å². The van der Waals surface area contributed by atoms with Gasteiger partial charge in [0.15, 0.2) is 0 Å². The van der Waals surface area contributed by atoms with Gasteiger partial charge in [0.05, 0.1) is 0 Å². The minimum Gasteiger partial charge on any atom is -0.310 e. The van der Waals surface area contributed by atoms with Crippen LogP contribution in [0.1, 0.15) is 74.9 Å². The molecule has 0 aliphatic carbocycles. The van der Waals surface area contributed by atoms with Gasteiger partial charge in [-0.15, -0.1) is 0 Å². The summed E-state index contributed by atoms with van der Waals surface area (Å²) in [4.78, 5) is 4.76. The highest BCUT2D eigenvalue weighted by Crippen LogP contribution is 2.41. The van der Waals surface area contributed by atoms with Crippen molar-refractivity contribution in [1.82, 2.24) is 0 Å². The van der Waals surface area contributed by atoms with E-state index in [-0.39, 0.29) is 10.8 Å². The fourth-order valence-electron chi connectivity index (χ4n) is 6.63. The Morgan fingerprint density at radius 3 is 0.880 bits per heavy atom. The quantitative estimate of drug-likeness (QED) is 0.169. The first-order chi connectivity index (χ1) is 23.7. The molecule has 0 saturated carbocycles. The molecule has 0 radical (unpaired) electrons. The third kappa shape index (κ3) is 7.41. The largest absolute Gasteiger partial charge is 0.310 e. The van der Waals surface area contributed by atoms with Gasteiger partial charge in [-0.2, -0.15) is 0 Å². The Balaban J connectivity index is 1.37. The lowest BCUT2D eigenvalue weighted by atomic mass is 9.87. The first-order valence-corrected chi connectivity index (χ1v) is 17.9. The molecule has 0 amide bonds. The van der Waals surface area contributed by atoms with Crippen molar-refractivity contribution < 1.29 is 0 Å². The lowest BCUT2D eigenvalue weighted by molar-refractivity contribution is 0.590. The molecule has 0 fully saturated rings. The molecule has 6 aromatic rings. The van der Waals surface area contributed by atoms with Gasteiger partial charge in [0.2, 0.25) is 0 Å². The van der Waals surface area contributed by atoms with Crippen molar-refractivity contribution >= 4 is 34.1 Å². The number of nitrogens with zero attached hydrogens (tertiary/aromatic N) is 2. The van der Waals surface area contributed by atoms with E-state index >= 15 is 0 Å². The minimum absolute atomic E-state index is 0.104. The molecule has 0 atom stereocenters. The van der Waals surface area contributed by atoms with Gasteiger partial charge in [0.25, 0.3) is 0 Å². The monoisotopic (exact) mass is 656 g/mol. The first kappa shape index (κ1) is 34.8. The van der Waals surface area contributed by atoms with Crippen LogP contribution in [0, 0.1) is 27.7 Å². The number of hydrogen-bond acceptors (Lipinski definition) is 2. The molecule has 50 heavy (non-hydrogen) atoms. The lowest BCUT2D eigenvalue weighted by Gasteiger charge is -2.29. The number of benzene rings is 6. The molecule has 0 spiro atoms. The Labute approximate surface area is 301 Å². The van der Waals surface area contributed by atoms with E-state index in [1.165, 1.54) is 55.9 Å². The number of aryl methyl sites for hydroxylation is 4. The summed E-state index contributed by atoms with van der Waals surface area (Å²) in [6, 6.07) is 49.5. The van der Waals surface area contributed by atoms with Crippen LogP contribution in [0.4, 0.5) is 34.1 Å². The normalized spacial score (nSPS) is 11.8. The van der Waals surface area contributed by atoms with Crippen molar-refractivity contribution in [1.29, 1.82) is 0 Å². The van der Waals surface area contributed by atoms with E-state index in [2.05, 4.69) is 212 Å². The third-order valence-corrected chi connectivity index (χ3v) is 9.78. The molecule has 2 heteroatoms. The van der Waals surface area contributed by atoms with Crippen LogP contribution >= 0.6 is 0 Å². The second kappa shape index (κ2) is 13.7. The fourth-order valence-corrected chi connectivity index (χ4v) is 6.63. The van der Waals surface area contributed by atoms with E-state index in [0.29, 0.717) is 0 Å². The molecule has 0 aliphatic heterocycles. The molecule has 2 nitrogen and oxygen atoms in total. The number of anilines is 6. The van der Waals surface area contributed by atoms with Crippen LogP contribution in [0.15, 0.2) is 133 Å². The van der Waals surface area contributed by atoms with Crippen molar-refractivity contribution in [2.24, 2.45) is 0 Å². The van der Waals surface area contributed by atoms with Crippen LogP contribution in [0.3, 0.4) is 0 Å². The maximum atomic E-state index is 2.38. The van der Waals surface area contributed by atoms with E-state index in [0.717, 1.165) is 22.7 Å². The standard InChI is InChI=1S/C48H52N2/c1-33-11-21-41(22-12-33)49(43-25-17-39(18-26-43)47(5,6)7)45-29-15-37(31-35(45)3)38-16-30-46(36(4)32-38)50(42-23-13-34(2)14-24-42)44-27-19-40(20-28-44)48(8,9)10/h11-32H,1-10H3. The molecule has 254 valence electrons. The SMILES string of the molecule is Cc1ccc(N(c2ccc(C(C)(C)C)cc2)c2ccc(-c3ccc(N(c4ccc(C)cc4)c4ccc(C(C)(C)C)cc4)c(C)c3)cc2C)cc1. The molecule has 0 aromatic heterocycles. The predicted molar refractivity (Wildman–Crippen MR) is 218 cm³/mol. The molecular formula is C48H52N2. The molecule has 6 aromatic carbocycles. The molecule has 0 N–H and O–H groups in total. The van der Waals surface area contributed by atoms with Gasteiger partial charge in [0, 0.05) is 34.1 Å². The first-order valence-electron chi connectivity index (χ1n) is 17.9. The highest BCUT2D eigenvalue weighted by molar-refractivity contribution is 5.83. The molecule has 0 heterocycles. The Morgan fingerprint density at radius 2 is 0.620 bits per heavy atom. The van der Waals surface area contributed by atoms with Gasteiger partial charge in [-0.1, -0.05) is 113 Å². The minimum atomic E-state index is 0.104. The molecule has 0 bridgehead atoms. The zero-order valence-corrected chi connectivity index (χ0v) is 31.6. The van der Waals surface area contributed by atoms with E-state index in [1.807, 2.05) is 0 Å². The summed E-state index contributed by atoms with van der Waals surface area (Å²) < 4.78 is 0. The van der Waals surface area contributed by atoms with Crippen molar-refractivity contribution in [2.75, 3.05) is 9.80 Å². The molecule has 6 rings (SSSR count). The average molecular weight is 657 g/mol. The van der Waals surface area contributed by atoms with E-state index in [9.17, 15) is 0 Å². The Morgan fingerprint density at radius 1 is 0.340 bits per heavy atom. The van der Waals surface area contributed by atoms with E-state index in [4.69, 9.17) is 0 Å². The van der Waals surface area contributed by atoms with Crippen LogP contribution in [-0.2, 0) is 10.8 Å². The third-order valence-electron chi connectivity index (χ3n) is 9.78. The lowest BCUT2D eigenvalue weighted by Crippen LogP contribution is -2.14. The van der Waals surface area contributed by atoms with Crippen molar-refractivity contribution in [3.63, 3.8) is 0 Å². The smallest absolute Gasteiger partial charge is 0.0491 e. The number of rotatable bonds is 7. The van der Waals surface area contributed by atoms with Crippen LogP contribution < -0.4 is 9.80 Å². The summed E-state index contributed by atoms with van der Waals surface area (Å²) >= 11 is 0. The second-order valence-electron chi connectivity index (χ2n) is 15.9. The van der Waals surface area contributed by atoms with Gasteiger partial charge in [-0.05, 0) is 145 Å². The van der Waals surface area contributed by atoms with E-state index in [1.54, 1.807) is 0 Å². The molecule has 0 saturated heterocycles. The van der Waals surface area contributed by atoms with E-state index < -0.39 is 0 Å². The fraction of sp³-hybridized carbons (Fsp3) is 0.250. The molecular weight excluding hydrogens is 605 g/mol. The maximum Gasteiger partial charge on any atom is 0.0491 e. The van der Waals surface area contributed by atoms with Gasteiger partial charge in [-0.3, -0.25) is 0 Å². The van der Waals surface area contributed by atoms with Crippen LogP contribution in [-0.4, -0.2) is 0 Å². The van der Waals surface area contributed by atoms with Gasteiger partial charge >= 0.3 is 0 Å². The van der Waals surface area contributed by atoms with Crippen molar-refractivity contribution in [3.8, 4) is 11.1 Å². The summed E-state index contributed by atoms with van der Waals surface area (Å²) in [5.74, 6) is 0. The Kier molecular flexibility index (Phi) is 9.51. The summed E-state index contributed by atoms with van der Waals surface area (Å²) in [5, 5.41) is 0. The van der Waals surface area contributed by atoms with Gasteiger partial charge in [-0.25, -0.2) is 0 Å². The second-order valence-corrected chi connectivity index (χ2v) is 15.9. The Bertz CT molecular complexity index is 1920. The zero-order chi connectivity index (χ0) is 35.8. The topological polar surface area (TPSA) is 6.48 Å². The summed E-state index contributed by atoms with van der Waals surface area (Å²) in [6.45, 7) is 22.3. The zero-order valence-electron chi connectivity index (χ0n) is 31.6.